The molecule has 3 aromatic rings. The van der Waals surface area contributed by atoms with Crippen molar-refractivity contribution >= 4 is 24.0 Å². The van der Waals surface area contributed by atoms with Crippen molar-refractivity contribution in [2.45, 2.75) is 13.0 Å². The summed E-state index contributed by atoms with van der Waals surface area (Å²) < 4.78 is 36.3. The third kappa shape index (κ3) is 4.17. The predicted molar refractivity (Wildman–Crippen MR) is 108 cm³/mol. The van der Waals surface area contributed by atoms with Gasteiger partial charge in [-0.3, -0.25) is 19.1 Å². The minimum Gasteiger partial charge on any atom is -0.442 e. The average Bonchev–Trinajstić information content (AvgIpc) is 3.39. The van der Waals surface area contributed by atoms with Crippen molar-refractivity contribution in [2.75, 3.05) is 18.0 Å². The number of cyclic esters (lactones) is 1. The summed E-state index contributed by atoms with van der Waals surface area (Å²) in [6, 6.07) is 5.10. The van der Waals surface area contributed by atoms with Gasteiger partial charge in [0.15, 0.2) is 6.29 Å². The number of pyridine rings is 1. The van der Waals surface area contributed by atoms with Gasteiger partial charge < -0.3 is 10.1 Å². The molecule has 2 aromatic heterocycles. The molecule has 1 fully saturated rings. The number of rotatable bonds is 6. The Balaban J connectivity index is 1.56. The van der Waals surface area contributed by atoms with Gasteiger partial charge >= 0.3 is 6.09 Å². The monoisotopic (exact) mass is 441 g/mol. The number of nitrogens with zero attached hydrogens (tertiary/aromatic N) is 4. The topological polar surface area (TPSA) is 106 Å². The zero-order valence-corrected chi connectivity index (χ0v) is 16.8. The van der Waals surface area contributed by atoms with Crippen molar-refractivity contribution in [3.8, 4) is 16.9 Å². The van der Waals surface area contributed by atoms with E-state index in [4.69, 9.17) is 4.74 Å². The fourth-order valence-electron chi connectivity index (χ4n) is 3.30. The summed E-state index contributed by atoms with van der Waals surface area (Å²) in [5.41, 5.74) is 0.125. The number of aldehydes is 1. The van der Waals surface area contributed by atoms with Crippen LogP contribution in [0.15, 0.2) is 43.0 Å². The molecule has 4 rings (SSSR count). The number of aromatic nitrogens is 3. The van der Waals surface area contributed by atoms with Crippen molar-refractivity contribution < 1.29 is 27.9 Å². The maximum absolute atomic E-state index is 14.8. The lowest BCUT2D eigenvalue weighted by atomic mass is 10.1. The van der Waals surface area contributed by atoms with Gasteiger partial charge in [-0.1, -0.05) is 0 Å². The Morgan fingerprint density at radius 1 is 1.28 bits per heavy atom. The van der Waals surface area contributed by atoms with Crippen molar-refractivity contribution in [1.29, 1.82) is 0 Å². The predicted octanol–water partition coefficient (Wildman–Crippen LogP) is 2.49. The Hall–Kier alpha value is -4.15. The normalized spacial score (nSPS) is 15.5. The zero-order chi connectivity index (χ0) is 22.8. The van der Waals surface area contributed by atoms with Crippen LogP contribution >= 0.6 is 0 Å². The molecule has 9 nitrogen and oxygen atoms in total. The average molecular weight is 441 g/mol. The molecule has 11 heteroatoms. The number of nitrogens with one attached hydrogen (secondary N) is 1. The summed E-state index contributed by atoms with van der Waals surface area (Å²) >= 11 is 0. The highest BCUT2D eigenvalue weighted by atomic mass is 19.1. The summed E-state index contributed by atoms with van der Waals surface area (Å²) in [5, 5.41) is 2.53. The molecular weight excluding hydrogens is 424 g/mol. The molecule has 1 aliphatic rings. The van der Waals surface area contributed by atoms with E-state index in [-0.39, 0.29) is 41.5 Å². The number of carbonyl (C=O) groups is 3. The molecule has 3 heterocycles. The van der Waals surface area contributed by atoms with Crippen LogP contribution in [0.1, 0.15) is 17.4 Å². The van der Waals surface area contributed by atoms with Crippen LogP contribution in [0.5, 0.6) is 0 Å². The summed E-state index contributed by atoms with van der Waals surface area (Å²) in [6.07, 6.45) is 3.37. The SMILES string of the molecule is CC(=O)NC[C@H]1CN(c2cc(F)c(-c3ccc(-n4cnc(C=O)c4)nc3)c(F)c2)C(=O)O1. The van der Waals surface area contributed by atoms with Crippen molar-refractivity contribution in [3.63, 3.8) is 0 Å². The number of halogens is 2. The first kappa shape index (κ1) is 21.1. The number of anilines is 1. The fraction of sp³-hybridized carbons (Fsp3) is 0.190. The van der Waals surface area contributed by atoms with E-state index in [1.807, 2.05) is 0 Å². The number of benzene rings is 1. The van der Waals surface area contributed by atoms with E-state index in [9.17, 15) is 23.2 Å². The molecule has 0 spiro atoms. The molecule has 164 valence electrons. The molecule has 0 bridgehead atoms. The quantitative estimate of drug-likeness (QED) is 0.589. The van der Waals surface area contributed by atoms with Crippen LogP contribution in [-0.2, 0) is 9.53 Å². The van der Waals surface area contributed by atoms with Gasteiger partial charge in [0.1, 0.15) is 35.6 Å². The van der Waals surface area contributed by atoms with Crippen LogP contribution in [0.25, 0.3) is 16.9 Å². The van der Waals surface area contributed by atoms with Crippen LogP contribution in [0.3, 0.4) is 0 Å². The number of hydrogen-bond donors (Lipinski definition) is 1. The van der Waals surface area contributed by atoms with E-state index in [2.05, 4.69) is 15.3 Å². The second kappa shape index (κ2) is 8.53. The second-order valence-corrected chi connectivity index (χ2v) is 7.07. The highest BCUT2D eigenvalue weighted by Gasteiger charge is 2.33. The first-order valence-electron chi connectivity index (χ1n) is 9.53. The van der Waals surface area contributed by atoms with Crippen LogP contribution in [0.2, 0.25) is 0 Å². The zero-order valence-electron chi connectivity index (χ0n) is 16.8. The van der Waals surface area contributed by atoms with Crippen molar-refractivity contribution in [1.82, 2.24) is 19.9 Å². The Bertz CT molecular complexity index is 1170. The molecular formula is C21H17F2N5O4. The highest BCUT2D eigenvalue weighted by molar-refractivity contribution is 5.90. The first-order chi connectivity index (χ1) is 15.4. The van der Waals surface area contributed by atoms with E-state index >= 15 is 0 Å². The van der Waals surface area contributed by atoms with E-state index in [0.29, 0.717) is 12.1 Å². The molecule has 0 saturated carbocycles. The Morgan fingerprint density at radius 3 is 2.62 bits per heavy atom. The smallest absolute Gasteiger partial charge is 0.414 e. The summed E-state index contributed by atoms with van der Waals surface area (Å²) in [6.45, 7) is 1.47. The maximum atomic E-state index is 14.8. The van der Waals surface area contributed by atoms with Crippen LogP contribution in [0, 0.1) is 11.6 Å². The third-order valence-corrected chi connectivity index (χ3v) is 4.82. The lowest BCUT2D eigenvalue weighted by Gasteiger charge is -2.15. The van der Waals surface area contributed by atoms with Gasteiger partial charge in [0.05, 0.1) is 24.3 Å². The molecule has 32 heavy (non-hydrogen) atoms. The molecule has 1 atom stereocenters. The number of carbonyl (C=O) groups excluding carboxylic acids is 3. The summed E-state index contributed by atoms with van der Waals surface area (Å²) in [7, 11) is 0. The molecule has 0 unspecified atom stereocenters. The standard InChI is InChI=1S/C21H17F2N5O4/c1-12(30)24-7-16-9-28(21(31)32-16)15-4-17(22)20(18(23)5-15)13-2-3-19(25-6-13)27-8-14(10-29)26-11-27/h2-6,8,10-11,16H,7,9H2,1H3,(H,24,30)/t16-/m0/s1. The lowest BCUT2D eigenvalue weighted by molar-refractivity contribution is -0.119. The lowest BCUT2D eigenvalue weighted by Crippen LogP contribution is -2.33. The van der Waals surface area contributed by atoms with Crippen LogP contribution < -0.4 is 10.2 Å². The van der Waals surface area contributed by atoms with Gasteiger partial charge in [-0.25, -0.2) is 23.5 Å². The Labute approximate surface area is 180 Å². The van der Waals surface area contributed by atoms with Crippen molar-refractivity contribution in [2.24, 2.45) is 0 Å². The summed E-state index contributed by atoms with van der Waals surface area (Å²) in [4.78, 5) is 43.0. The molecule has 2 amide bonds. The van der Waals surface area contributed by atoms with Gasteiger partial charge in [0.25, 0.3) is 0 Å². The maximum Gasteiger partial charge on any atom is 0.414 e. The number of ether oxygens (including phenoxy) is 1. The van der Waals surface area contributed by atoms with Gasteiger partial charge in [-0.2, -0.15) is 0 Å². The molecule has 1 N–H and O–H groups in total. The van der Waals surface area contributed by atoms with Gasteiger partial charge in [0.2, 0.25) is 5.91 Å². The third-order valence-electron chi connectivity index (χ3n) is 4.82. The van der Waals surface area contributed by atoms with E-state index in [1.54, 1.807) is 0 Å². The van der Waals surface area contributed by atoms with Gasteiger partial charge in [-0.05, 0) is 24.3 Å². The van der Waals surface area contributed by atoms with Crippen LogP contribution in [0.4, 0.5) is 19.3 Å². The summed E-state index contributed by atoms with van der Waals surface area (Å²) in [5.74, 6) is -1.62. The minimum absolute atomic E-state index is 0.00321. The molecule has 0 radical (unpaired) electrons. The van der Waals surface area contributed by atoms with Crippen LogP contribution in [-0.4, -0.2) is 52.0 Å². The van der Waals surface area contributed by atoms with Gasteiger partial charge in [-0.15, -0.1) is 0 Å². The van der Waals surface area contributed by atoms with E-state index < -0.39 is 23.8 Å². The minimum atomic E-state index is -0.876. The number of imidazole rings is 1. The Kier molecular flexibility index (Phi) is 5.63. The number of hydrogen-bond acceptors (Lipinski definition) is 6. The van der Waals surface area contributed by atoms with Gasteiger partial charge in [0, 0.05) is 24.9 Å². The van der Waals surface area contributed by atoms with Crippen molar-refractivity contribution in [3.05, 3.63) is 60.3 Å². The molecule has 0 aliphatic carbocycles. The first-order valence-corrected chi connectivity index (χ1v) is 9.53. The molecule has 1 aromatic carbocycles. The number of amides is 2. The largest absolute Gasteiger partial charge is 0.442 e. The van der Waals surface area contributed by atoms with E-state index in [1.165, 1.54) is 42.3 Å². The highest BCUT2D eigenvalue weighted by Crippen LogP contribution is 2.32. The van der Waals surface area contributed by atoms with E-state index in [0.717, 1.165) is 17.0 Å². The fourth-order valence-corrected chi connectivity index (χ4v) is 3.30. The second-order valence-electron chi connectivity index (χ2n) is 7.07. The molecule has 1 saturated heterocycles. The molecule has 1 aliphatic heterocycles. The Morgan fingerprint density at radius 2 is 2.03 bits per heavy atom.